The molecule has 2 aromatic carbocycles. The quantitative estimate of drug-likeness (QED) is 0.434. The number of hydrogen-bond acceptors (Lipinski definition) is 2. The van der Waals surface area contributed by atoms with Crippen molar-refractivity contribution in [2.45, 2.75) is 12.5 Å². The van der Waals surface area contributed by atoms with E-state index in [1.807, 2.05) is 24.3 Å². The SMILES string of the molecule is NNC(Cc1ccccc1F)c1cc(I)ccc1Br. The van der Waals surface area contributed by atoms with E-state index in [2.05, 4.69) is 43.9 Å². The van der Waals surface area contributed by atoms with Crippen LogP contribution >= 0.6 is 38.5 Å². The molecule has 0 amide bonds. The van der Waals surface area contributed by atoms with Crippen molar-refractivity contribution in [1.82, 2.24) is 5.43 Å². The molecule has 0 aliphatic heterocycles. The van der Waals surface area contributed by atoms with Crippen molar-refractivity contribution in [3.05, 3.63) is 67.5 Å². The number of benzene rings is 2. The van der Waals surface area contributed by atoms with Crippen LogP contribution in [0.1, 0.15) is 17.2 Å². The van der Waals surface area contributed by atoms with Gasteiger partial charge in [-0.25, -0.2) is 4.39 Å². The van der Waals surface area contributed by atoms with E-state index in [1.54, 1.807) is 12.1 Å². The molecular weight excluding hydrogens is 422 g/mol. The second-order valence-corrected chi connectivity index (χ2v) is 6.28. The van der Waals surface area contributed by atoms with Crippen molar-refractivity contribution >= 4 is 38.5 Å². The van der Waals surface area contributed by atoms with Gasteiger partial charge in [-0.2, -0.15) is 0 Å². The molecule has 0 fully saturated rings. The van der Waals surface area contributed by atoms with Gasteiger partial charge in [0.2, 0.25) is 0 Å². The molecule has 0 radical (unpaired) electrons. The van der Waals surface area contributed by atoms with Crippen molar-refractivity contribution in [2.75, 3.05) is 0 Å². The van der Waals surface area contributed by atoms with E-state index in [4.69, 9.17) is 5.84 Å². The zero-order valence-corrected chi connectivity index (χ0v) is 13.8. The second-order valence-electron chi connectivity index (χ2n) is 4.18. The first-order valence-corrected chi connectivity index (χ1v) is 7.63. The van der Waals surface area contributed by atoms with Crippen molar-refractivity contribution in [2.24, 2.45) is 5.84 Å². The van der Waals surface area contributed by atoms with E-state index >= 15 is 0 Å². The first-order valence-electron chi connectivity index (χ1n) is 5.76. The van der Waals surface area contributed by atoms with Crippen LogP contribution in [0.2, 0.25) is 0 Å². The molecule has 0 aromatic heterocycles. The smallest absolute Gasteiger partial charge is 0.126 e. The minimum absolute atomic E-state index is 0.138. The summed E-state index contributed by atoms with van der Waals surface area (Å²) in [7, 11) is 0. The van der Waals surface area contributed by atoms with Crippen LogP contribution in [0.5, 0.6) is 0 Å². The second kappa shape index (κ2) is 6.78. The molecule has 0 spiro atoms. The highest BCUT2D eigenvalue weighted by molar-refractivity contribution is 14.1. The van der Waals surface area contributed by atoms with Crippen LogP contribution in [-0.4, -0.2) is 0 Å². The van der Waals surface area contributed by atoms with Crippen LogP contribution in [0.25, 0.3) is 0 Å². The Kier molecular flexibility index (Phi) is 5.32. The Hall–Kier alpha value is -0.500. The largest absolute Gasteiger partial charge is 0.271 e. The molecule has 2 nitrogen and oxygen atoms in total. The average molecular weight is 435 g/mol. The van der Waals surface area contributed by atoms with Gasteiger partial charge in [0.1, 0.15) is 5.82 Å². The van der Waals surface area contributed by atoms with Gasteiger partial charge in [0.15, 0.2) is 0 Å². The van der Waals surface area contributed by atoms with E-state index in [1.165, 1.54) is 6.07 Å². The predicted molar refractivity (Wildman–Crippen MR) is 87.0 cm³/mol. The third-order valence-electron chi connectivity index (χ3n) is 2.92. The third-order valence-corrected chi connectivity index (χ3v) is 4.31. The van der Waals surface area contributed by atoms with E-state index in [0.717, 1.165) is 13.6 Å². The number of hydrogen-bond donors (Lipinski definition) is 2. The normalized spacial score (nSPS) is 12.4. The first-order chi connectivity index (χ1) is 9.11. The van der Waals surface area contributed by atoms with E-state index in [-0.39, 0.29) is 11.9 Å². The fourth-order valence-electron chi connectivity index (χ4n) is 1.92. The van der Waals surface area contributed by atoms with Gasteiger partial charge in [0.25, 0.3) is 0 Å². The highest BCUT2D eigenvalue weighted by Crippen LogP contribution is 2.28. The number of nitrogens with one attached hydrogen (secondary N) is 1. The van der Waals surface area contributed by atoms with Gasteiger partial charge >= 0.3 is 0 Å². The van der Waals surface area contributed by atoms with Crippen LogP contribution < -0.4 is 11.3 Å². The monoisotopic (exact) mass is 434 g/mol. The lowest BCUT2D eigenvalue weighted by molar-refractivity contribution is 0.527. The van der Waals surface area contributed by atoms with E-state index in [0.29, 0.717) is 12.0 Å². The Balaban J connectivity index is 2.30. The van der Waals surface area contributed by atoms with Crippen LogP contribution in [0.3, 0.4) is 0 Å². The standard InChI is InChI=1S/C14H13BrFIN2/c15-12-6-5-10(17)8-11(12)14(19-18)7-9-3-1-2-4-13(9)16/h1-6,8,14,19H,7,18H2. The van der Waals surface area contributed by atoms with Crippen molar-refractivity contribution in [3.63, 3.8) is 0 Å². The van der Waals surface area contributed by atoms with Crippen LogP contribution in [0, 0.1) is 9.39 Å². The highest BCUT2D eigenvalue weighted by atomic mass is 127. The zero-order chi connectivity index (χ0) is 13.8. The Labute approximate surface area is 133 Å². The fraction of sp³-hybridized carbons (Fsp3) is 0.143. The maximum absolute atomic E-state index is 13.7. The molecule has 0 heterocycles. The van der Waals surface area contributed by atoms with Crippen LogP contribution in [-0.2, 0) is 6.42 Å². The van der Waals surface area contributed by atoms with Crippen molar-refractivity contribution in [1.29, 1.82) is 0 Å². The molecule has 19 heavy (non-hydrogen) atoms. The van der Waals surface area contributed by atoms with E-state index in [9.17, 15) is 4.39 Å². The lowest BCUT2D eigenvalue weighted by Crippen LogP contribution is -2.30. The lowest BCUT2D eigenvalue weighted by atomic mass is 9.99. The number of nitrogens with two attached hydrogens (primary N) is 1. The Morgan fingerprint density at radius 1 is 1.26 bits per heavy atom. The summed E-state index contributed by atoms with van der Waals surface area (Å²) in [5, 5.41) is 0. The minimum Gasteiger partial charge on any atom is -0.271 e. The molecule has 2 aromatic rings. The fourth-order valence-corrected chi connectivity index (χ4v) is 2.96. The molecule has 100 valence electrons. The molecular formula is C14H13BrFIN2. The summed E-state index contributed by atoms with van der Waals surface area (Å²) >= 11 is 5.76. The molecule has 0 saturated carbocycles. The summed E-state index contributed by atoms with van der Waals surface area (Å²) in [6.45, 7) is 0. The number of halogens is 3. The topological polar surface area (TPSA) is 38.0 Å². The maximum Gasteiger partial charge on any atom is 0.126 e. The lowest BCUT2D eigenvalue weighted by Gasteiger charge is -2.18. The van der Waals surface area contributed by atoms with Gasteiger partial charge in [-0.05, 0) is 64.4 Å². The van der Waals surface area contributed by atoms with Gasteiger partial charge in [0, 0.05) is 8.04 Å². The summed E-state index contributed by atoms with van der Waals surface area (Å²) in [5.41, 5.74) is 4.44. The summed E-state index contributed by atoms with van der Waals surface area (Å²) in [4.78, 5) is 0. The van der Waals surface area contributed by atoms with Gasteiger partial charge in [-0.15, -0.1) is 0 Å². The van der Waals surface area contributed by atoms with Crippen molar-refractivity contribution in [3.8, 4) is 0 Å². The summed E-state index contributed by atoms with van der Waals surface area (Å²) in [5.74, 6) is 5.42. The van der Waals surface area contributed by atoms with Gasteiger partial charge in [0.05, 0.1) is 6.04 Å². The summed E-state index contributed by atoms with van der Waals surface area (Å²) in [6.07, 6.45) is 0.502. The molecule has 0 aliphatic rings. The molecule has 0 bridgehead atoms. The van der Waals surface area contributed by atoms with Gasteiger partial charge in [-0.1, -0.05) is 34.1 Å². The summed E-state index contributed by atoms with van der Waals surface area (Å²) in [6, 6.07) is 12.6. The molecule has 5 heteroatoms. The Morgan fingerprint density at radius 3 is 2.68 bits per heavy atom. The maximum atomic E-state index is 13.7. The predicted octanol–water partition coefficient (Wildman–Crippen LogP) is 3.94. The average Bonchev–Trinajstić information content (AvgIpc) is 2.41. The molecule has 3 N–H and O–H groups in total. The highest BCUT2D eigenvalue weighted by Gasteiger charge is 2.16. The minimum atomic E-state index is -0.204. The third kappa shape index (κ3) is 3.75. The Morgan fingerprint density at radius 2 is 2.00 bits per heavy atom. The zero-order valence-electron chi connectivity index (χ0n) is 10.0. The van der Waals surface area contributed by atoms with E-state index < -0.39 is 0 Å². The van der Waals surface area contributed by atoms with Crippen LogP contribution in [0.15, 0.2) is 46.9 Å². The number of rotatable bonds is 4. The first kappa shape index (κ1) is 14.9. The molecule has 0 saturated heterocycles. The molecule has 2 rings (SSSR count). The van der Waals surface area contributed by atoms with Gasteiger partial charge < -0.3 is 0 Å². The molecule has 0 aliphatic carbocycles. The molecule has 1 unspecified atom stereocenters. The van der Waals surface area contributed by atoms with Crippen LogP contribution in [0.4, 0.5) is 4.39 Å². The van der Waals surface area contributed by atoms with Gasteiger partial charge in [-0.3, -0.25) is 11.3 Å². The van der Waals surface area contributed by atoms with Crippen molar-refractivity contribution < 1.29 is 4.39 Å². The Bertz CT molecular complexity index is 577. The molecule has 1 atom stereocenters. The number of hydrazine groups is 1. The summed E-state index contributed by atoms with van der Waals surface area (Å²) < 4.78 is 15.8.